The molecule has 0 radical (unpaired) electrons. The predicted molar refractivity (Wildman–Crippen MR) is 114 cm³/mol. The Morgan fingerprint density at radius 1 is 1.00 bits per heavy atom. The second-order valence-corrected chi connectivity index (χ2v) is 8.44. The number of amides is 1. The number of hydrogen-bond donors (Lipinski definition) is 1. The SMILES string of the molecule is CCOc1ccc(CNC(=O)CN(c2ccc(C)cc2)S(C)(=O)=O)cc1OCC. The molecule has 0 saturated carbocycles. The number of carbonyl (C=O) groups excluding carboxylic acids is 1. The molecule has 0 aromatic heterocycles. The maximum Gasteiger partial charge on any atom is 0.241 e. The number of benzene rings is 2. The van der Waals surface area contributed by atoms with Gasteiger partial charge in [0.1, 0.15) is 6.54 Å². The number of hydrogen-bond acceptors (Lipinski definition) is 5. The van der Waals surface area contributed by atoms with Crippen molar-refractivity contribution in [2.45, 2.75) is 27.3 Å². The molecule has 0 spiro atoms. The first-order chi connectivity index (χ1) is 13.7. The van der Waals surface area contributed by atoms with E-state index in [1.54, 1.807) is 30.3 Å². The quantitative estimate of drug-likeness (QED) is 0.639. The molecule has 0 bridgehead atoms. The van der Waals surface area contributed by atoms with E-state index < -0.39 is 15.9 Å². The molecule has 0 aliphatic rings. The minimum atomic E-state index is -3.60. The number of aryl methyl sites for hydroxylation is 1. The first kappa shape index (κ1) is 22.5. The fraction of sp³-hybridized carbons (Fsp3) is 0.381. The van der Waals surface area contributed by atoms with E-state index in [0.29, 0.717) is 30.4 Å². The van der Waals surface area contributed by atoms with E-state index in [1.807, 2.05) is 32.9 Å². The van der Waals surface area contributed by atoms with Crippen molar-refractivity contribution in [3.63, 3.8) is 0 Å². The van der Waals surface area contributed by atoms with Crippen LogP contribution < -0.4 is 19.1 Å². The maximum absolute atomic E-state index is 12.4. The van der Waals surface area contributed by atoms with Crippen molar-refractivity contribution < 1.29 is 22.7 Å². The number of anilines is 1. The number of carbonyl (C=O) groups is 1. The zero-order valence-corrected chi connectivity index (χ0v) is 18.1. The van der Waals surface area contributed by atoms with Gasteiger partial charge in [0.2, 0.25) is 15.9 Å². The van der Waals surface area contributed by atoms with Crippen LogP contribution in [0.4, 0.5) is 5.69 Å². The van der Waals surface area contributed by atoms with Crippen molar-refractivity contribution >= 4 is 21.6 Å². The van der Waals surface area contributed by atoms with Crippen LogP contribution in [-0.2, 0) is 21.4 Å². The van der Waals surface area contributed by atoms with Gasteiger partial charge in [0.05, 0.1) is 25.2 Å². The van der Waals surface area contributed by atoms with Crippen LogP contribution in [0.3, 0.4) is 0 Å². The summed E-state index contributed by atoms with van der Waals surface area (Å²) >= 11 is 0. The zero-order valence-electron chi connectivity index (χ0n) is 17.3. The minimum absolute atomic E-state index is 0.247. The molecule has 0 saturated heterocycles. The van der Waals surface area contributed by atoms with Gasteiger partial charge in [-0.25, -0.2) is 8.42 Å². The lowest BCUT2D eigenvalue weighted by molar-refractivity contribution is -0.119. The molecule has 0 aliphatic carbocycles. The van der Waals surface area contributed by atoms with Crippen LogP contribution >= 0.6 is 0 Å². The molecule has 0 fully saturated rings. The summed E-state index contributed by atoms with van der Waals surface area (Å²) in [5.74, 6) is 0.855. The third-order valence-corrected chi connectivity index (χ3v) is 5.25. The van der Waals surface area contributed by atoms with Crippen molar-refractivity contribution in [1.82, 2.24) is 5.32 Å². The molecule has 2 rings (SSSR count). The summed E-state index contributed by atoms with van der Waals surface area (Å²) in [7, 11) is -3.60. The normalized spacial score (nSPS) is 11.0. The average Bonchev–Trinajstić information content (AvgIpc) is 2.66. The lowest BCUT2D eigenvalue weighted by atomic mass is 10.2. The highest BCUT2D eigenvalue weighted by Crippen LogP contribution is 2.28. The van der Waals surface area contributed by atoms with Crippen molar-refractivity contribution in [3.8, 4) is 11.5 Å². The fourth-order valence-corrected chi connectivity index (χ4v) is 3.56. The van der Waals surface area contributed by atoms with Crippen LogP contribution in [0.2, 0.25) is 0 Å². The highest BCUT2D eigenvalue weighted by atomic mass is 32.2. The van der Waals surface area contributed by atoms with E-state index in [1.165, 1.54) is 0 Å². The van der Waals surface area contributed by atoms with Crippen LogP contribution in [0.25, 0.3) is 0 Å². The Morgan fingerprint density at radius 2 is 1.62 bits per heavy atom. The van der Waals surface area contributed by atoms with Crippen LogP contribution in [0, 0.1) is 6.92 Å². The van der Waals surface area contributed by atoms with Gasteiger partial charge < -0.3 is 14.8 Å². The Balaban J connectivity index is 2.07. The number of sulfonamides is 1. The van der Waals surface area contributed by atoms with E-state index >= 15 is 0 Å². The Morgan fingerprint density at radius 3 is 2.21 bits per heavy atom. The van der Waals surface area contributed by atoms with E-state index in [9.17, 15) is 13.2 Å². The molecule has 2 aromatic carbocycles. The summed E-state index contributed by atoms with van der Waals surface area (Å²) in [5, 5.41) is 2.76. The van der Waals surface area contributed by atoms with Gasteiger partial charge in [-0.2, -0.15) is 0 Å². The molecular weight excluding hydrogens is 392 g/mol. The number of nitrogens with zero attached hydrogens (tertiary/aromatic N) is 1. The van der Waals surface area contributed by atoms with Crippen LogP contribution in [-0.4, -0.2) is 40.3 Å². The van der Waals surface area contributed by atoms with Gasteiger partial charge in [-0.1, -0.05) is 23.8 Å². The summed E-state index contributed by atoms with van der Waals surface area (Å²) in [5.41, 5.74) is 2.28. The van der Waals surface area contributed by atoms with Gasteiger partial charge in [0.25, 0.3) is 0 Å². The molecular formula is C21H28N2O5S. The number of rotatable bonds is 10. The van der Waals surface area contributed by atoms with Gasteiger partial charge in [-0.05, 0) is 50.6 Å². The lowest BCUT2D eigenvalue weighted by Crippen LogP contribution is -2.40. The van der Waals surface area contributed by atoms with Crippen molar-refractivity contribution in [1.29, 1.82) is 0 Å². The summed E-state index contributed by atoms with van der Waals surface area (Å²) in [6.07, 6.45) is 1.08. The Bertz CT molecular complexity index is 927. The molecule has 158 valence electrons. The topological polar surface area (TPSA) is 84.9 Å². The van der Waals surface area contributed by atoms with Gasteiger partial charge in [0, 0.05) is 6.54 Å². The lowest BCUT2D eigenvalue weighted by Gasteiger charge is -2.22. The minimum Gasteiger partial charge on any atom is -0.490 e. The average molecular weight is 421 g/mol. The standard InChI is InChI=1S/C21H28N2O5S/c1-5-27-19-12-9-17(13-20(19)28-6-2)14-22-21(24)15-23(29(4,25)26)18-10-7-16(3)8-11-18/h7-13H,5-6,14-15H2,1-4H3,(H,22,24). The predicted octanol–water partition coefficient (Wildman–Crippen LogP) is 2.87. The molecule has 1 N–H and O–H groups in total. The smallest absolute Gasteiger partial charge is 0.241 e. The van der Waals surface area contributed by atoms with Crippen LogP contribution in [0.15, 0.2) is 42.5 Å². The van der Waals surface area contributed by atoms with Crippen LogP contribution in [0.5, 0.6) is 11.5 Å². The number of ether oxygens (including phenoxy) is 2. The molecule has 2 aromatic rings. The molecule has 0 unspecified atom stereocenters. The summed E-state index contributed by atoms with van der Waals surface area (Å²) < 4.78 is 36.5. The summed E-state index contributed by atoms with van der Waals surface area (Å²) in [6, 6.07) is 12.4. The van der Waals surface area contributed by atoms with Crippen LogP contribution in [0.1, 0.15) is 25.0 Å². The summed E-state index contributed by atoms with van der Waals surface area (Å²) in [4.78, 5) is 12.4. The molecule has 0 aliphatic heterocycles. The molecule has 0 atom stereocenters. The number of nitrogens with one attached hydrogen (secondary N) is 1. The van der Waals surface area contributed by atoms with Crippen molar-refractivity contribution in [2.75, 3.05) is 30.3 Å². The molecule has 0 heterocycles. The van der Waals surface area contributed by atoms with E-state index in [2.05, 4.69) is 5.32 Å². The van der Waals surface area contributed by atoms with E-state index in [-0.39, 0.29) is 13.1 Å². The second kappa shape index (κ2) is 10.2. The van der Waals surface area contributed by atoms with Gasteiger partial charge in [-0.3, -0.25) is 9.10 Å². The second-order valence-electron chi connectivity index (χ2n) is 6.53. The first-order valence-electron chi connectivity index (χ1n) is 9.44. The van der Waals surface area contributed by atoms with Gasteiger partial charge >= 0.3 is 0 Å². The van der Waals surface area contributed by atoms with E-state index in [4.69, 9.17) is 9.47 Å². The highest BCUT2D eigenvalue weighted by Gasteiger charge is 2.20. The van der Waals surface area contributed by atoms with Crippen molar-refractivity contribution in [3.05, 3.63) is 53.6 Å². The Labute approximate surface area is 172 Å². The third-order valence-electron chi connectivity index (χ3n) is 4.11. The molecule has 29 heavy (non-hydrogen) atoms. The summed E-state index contributed by atoms with van der Waals surface area (Å²) in [6.45, 7) is 6.66. The Kier molecular flexibility index (Phi) is 7.90. The third kappa shape index (κ3) is 6.67. The van der Waals surface area contributed by atoms with Gasteiger partial charge in [-0.15, -0.1) is 0 Å². The molecule has 1 amide bonds. The van der Waals surface area contributed by atoms with Crippen molar-refractivity contribution in [2.24, 2.45) is 0 Å². The zero-order chi connectivity index (χ0) is 21.4. The maximum atomic E-state index is 12.4. The molecule has 7 nitrogen and oxygen atoms in total. The highest BCUT2D eigenvalue weighted by molar-refractivity contribution is 7.92. The first-order valence-corrected chi connectivity index (χ1v) is 11.3. The largest absolute Gasteiger partial charge is 0.490 e. The van der Waals surface area contributed by atoms with Gasteiger partial charge in [0.15, 0.2) is 11.5 Å². The molecule has 8 heteroatoms. The Hall–Kier alpha value is -2.74. The monoisotopic (exact) mass is 420 g/mol. The fourth-order valence-electron chi connectivity index (χ4n) is 2.70. The van der Waals surface area contributed by atoms with E-state index in [0.717, 1.165) is 21.7 Å².